The third kappa shape index (κ3) is 3.73. The highest BCUT2D eigenvalue weighted by Gasteiger charge is 2.25. The van der Waals surface area contributed by atoms with Gasteiger partial charge in [0.05, 0.1) is 17.6 Å². The Morgan fingerprint density at radius 3 is 2.64 bits per heavy atom. The number of rotatable bonds is 3. The zero-order valence-electron chi connectivity index (χ0n) is 18.8. The second-order valence-electron chi connectivity index (χ2n) is 8.19. The Kier molecular flexibility index (Phi) is 5.12. The molecule has 0 aliphatic carbocycles. The summed E-state index contributed by atoms with van der Waals surface area (Å²) in [5, 5.41) is 2.60. The predicted octanol–water partition coefficient (Wildman–Crippen LogP) is 3.27. The fraction of sp³-hybridized carbons (Fsp3) is 0.240. The van der Waals surface area contributed by atoms with Crippen LogP contribution in [0.4, 0.5) is 0 Å². The molecule has 5 rings (SSSR count). The van der Waals surface area contributed by atoms with Gasteiger partial charge in [0.2, 0.25) is 0 Å². The minimum atomic E-state index is -0.227. The van der Waals surface area contributed by atoms with E-state index in [0.717, 1.165) is 39.3 Å². The summed E-state index contributed by atoms with van der Waals surface area (Å²) < 4.78 is 7.57. The number of benzene rings is 2. The van der Waals surface area contributed by atoms with Crippen LogP contribution in [0.1, 0.15) is 32.4 Å². The number of fused-ring (bicyclic) bond motifs is 2. The maximum Gasteiger partial charge on any atom is 0.270 e. The van der Waals surface area contributed by atoms with E-state index < -0.39 is 0 Å². The molecule has 2 N–H and O–H groups in total. The number of nitrogens with zero attached hydrogens (tertiary/aromatic N) is 3. The Bertz CT molecular complexity index is 1380. The lowest BCUT2D eigenvalue weighted by Crippen LogP contribution is -2.34. The molecule has 2 amide bonds. The fourth-order valence-corrected chi connectivity index (χ4v) is 4.31. The summed E-state index contributed by atoms with van der Waals surface area (Å²) in [5.41, 5.74) is 5.89. The highest BCUT2D eigenvalue weighted by atomic mass is 16.5. The van der Waals surface area contributed by atoms with Gasteiger partial charge in [-0.2, -0.15) is 0 Å². The highest BCUT2D eigenvalue weighted by Crippen LogP contribution is 2.31. The van der Waals surface area contributed by atoms with Gasteiger partial charge in [0, 0.05) is 26.2 Å². The van der Waals surface area contributed by atoms with Crippen LogP contribution in [-0.2, 0) is 13.6 Å². The van der Waals surface area contributed by atoms with Crippen molar-refractivity contribution in [2.45, 2.75) is 13.5 Å². The van der Waals surface area contributed by atoms with Crippen LogP contribution in [0.3, 0.4) is 0 Å². The molecule has 1 aliphatic rings. The van der Waals surface area contributed by atoms with Crippen LogP contribution >= 0.6 is 0 Å². The van der Waals surface area contributed by atoms with E-state index in [4.69, 9.17) is 4.74 Å². The summed E-state index contributed by atoms with van der Waals surface area (Å²) in [6, 6.07) is 15.6. The molecule has 0 spiro atoms. The molecule has 3 heterocycles. The van der Waals surface area contributed by atoms with Gasteiger partial charge in [-0.05, 0) is 54.4 Å². The third-order valence-electron chi connectivity index (χ3n) is 6.06. The number of aryl methyl sites for hydroxylation is 1. The summed E-state index contributed by atoms with van der Waals surface area (Å²) in [7, 11) is 3.30. The molecular formula is C25H25N5O3. The number of nitrogens with one attached hydrogen (secondary N) is 2. The SMILES string of the molecule is CNC(=O)c1ccc(C(=O)N2CCOc3ccc(-c4ccc5nc(C)[nH]c5c4)cc3C2)n1C. The average Bonchev–Trinajstić information content (AvgIpc) is 3.30. The van der Waals surface area contributed by atoms with Crippen molar-refractivity contribution in [1.29, 1.82) is 0 Å². The lowest BCUT2D eigenvalue weighted by Gasteiger charge is -2.20. The van der Waals surface area contributed by atoms with Crippen molar-refractivity contribution in [3.8, 4) is 16.9 Å². The number of carbonyl (C=O) groups is 2. The van der Waals surface area contributed by atoms with Gasteiger partial charge in [-0.1, -0.05) is 12.1 Å². The van der Waals surface area contributed by atoms with E-state index in [-0.39, 0.29) is 11.8 Å². The number of carbonyl (C=O) groups excluding carboxylic acids is 2. The molecule has 2 aromatic carbocycles. The number of aromatic nitrogens is 3. The Morgan fingerprint density at radius 2 is 1.82 bits per heavy atom. The van der Waals surface area contributed by atoms with Crippen LogP contribution < -0.4 is 10.1 Å². The summed E-state index contributed by atoms with van der Waals surface area (Å²) >= 11 is 0. The Hall–Kier alpha value is -4.07. The summed E-state index contributed by atoms with van der Waals surface area (Å²) in [5.74, 6) is 1.30. The molecule has 0 unspecified atom stereocenters. The van der Waals surface area contributed by atoms with Crippen LogP contribution in [0.2, 0.25) is 0 Å². The lowest BCUT2D eigenvalue weighted by molar-refractivity contribution is 0.0723. The van der Waals surface area contributed by atoms with Gasteiger partial charge in [-0.15, -0.1) is 0 Å². The highest BCUT2D eigenvalue weighted by molar-refractivity contribution is 5.98. The van der Waals surface area contributed by atoms with E-state index in [2.05, 4.69) is 33.5 Å². The lowest BCUT2D eigenvalue weighted by atomic mass is 10.0. The summed E-state index contributed by atoms with van der Waals surface area (Å²) in [4.78, 5) is 34.9. The molecule has 2 aromatic heterocycles. The number of ether oxygens (including phenoxy) is 1. The molecule has 168 valence electrons. The topological polar surface area (TPSA) is 92.2 Å². The Morgan fingerprint density at radius 1 is 1.06 bits per heavy atom. The number of hydrogen-bond acceptors (Lipinski definition) is 4. The van der Waals surface area contributed by atoms with E-state index in [1.165, 1.54) is 0 Å². The van der Waals surface area contributed by atoms with Gasteiger partial charge in [0.25, 0.3) is 11.8 Å². The minimum Gasteiger partial charge on any atom is -0.491 e. The van der Waals surface area contributed by atoms with Crippen LogP contribution in [-0.4, -0.2) is 51.4 Å². The number of hydrogen-bond donors (Lipinski definition) is 2. The molecule has 1 aliphatic heterocycles. The Labute approximate surface area is 191 Å². The molecule has 0 saturated heterocycles. The van der Waals surface area contributed by atoms with Crippen molar-refractivity contribution in [3.63, 3.8) is 0 Å². The van der Waals surface area contributed by atoms with Crippen molar-refractivity contribution in [3.05, 3.63) is 71.3 Å². The first-order chi connectivity index (χ1) is 15.9. The largest absolute Gasteiger partial charge is 0.491 e. The number of imidazole rings is 1. The first-order valence-electron chi connectivity index (χ1n) is 10.8. The van der Waals surface area contributed by atoms with E-state index in [9.17, 15) is 9.59 Å². The van der Waals surface area contributed by atoms with Gasteiger partial charge in [0.15, 0.2) is 0 Å². The van der Waals surface area contributed by atoms with Gasteiger partial charge in [0.1, 0.15) is 29.6 Å². The van der Waals surface area contributed by atoms with Crippen molar-refractivity contribution < 1.29 is 14.3 Å². The third-order valence-corrected chi connectivity index (χ3v) is 6.06. The van der Waals surface area contributed by atoms with E-state index in [1.807, 2.05) is 25.1 Å². The van der Waals surface area contributed by atoms with Crippen molar-refractivity contribution in [2.75, 3.05) is 20.2 Å². The van der Waals surface area contributed by atoms with Crippen LogP contribution in [0.15, 0.2) is 48.5 Å². The zero-order valence-corrected chi connectivity index (χ0v) is 18.8. The molecule has 33 heavy (non-hydrogen) atoms. The number of H-pyrrole nitrogens is 1. The average molecular weight is 444 g/mol. The molecule has 4 aromatic rings. The summed E-state index contributed by atoms with van der Waals surface area (Å²) in [6.07, 6.45) is 0. The van der Waals surface area contributed by atoms with Crippen LogP contribution in [0.25, 0.3) is 22.2 Å². The molecule has 0 saturated carbocycles. The van der Waals surface area contributed by atoms with Crippen molar-refractivity contribution >= 4 is 22.8 Å². The predicted molar refractivity (Wildman–Crippen MR) is 125 cm³/mol. The van der Waals surface area contributed by atoms with E-state index >= 15 is 0 Å². The normalized spacial score (nSPS) is 13.4. The Balaban J connectivity index is 1.45. The first kappa shape index (κ1) is 20.8. The quantitative estimate of drug-likeness (QED) is 0.508. The monoisotopic (exact) mass is 443 g/mol. The molecular weight excluding hydrogens is 418 g/mol. The zero-order chi connectivity index (χ0) is 23.1. The van der Waals surface area contributed by atoms with E-state index in [0.29, 0.717) is 31.1 Å². The van der Waals surface area contributed by atoms with Gasteiger partial charge >= 0.3 is 0 Å². The van der Waals surface area contributed by atoms with E-state index in [1.54, 1.807) is 35.7 Å². The maximum atomic E-state index is 13.3. The van der Waals surface area contributed by atoms with Crippen molar-refractivity contribution in [1.82, 2.24) is 24.8 Å². The standard InChI is InChI=1S/C25H25N5O3/c1-15-27-19-6-4-17(13-20(19)28-15)16-5-9-23-18(12-16)14-30(10-11-33-23)25(32)22-8-7-21(29(22)3)24(31)26-2/h4-9,12-13H,10-11,14H2,1-3H3,(H,26,31)(H,27,28). The second kappa shape index (κ2) is 8.12. The minimum absolute atomic E-state index is 0.135. The van der Waals surface area contributed by atoms with Gasteiger partial charge in [-0.25, -0.2) is 4.98 Å². The molecule has 0 radical (unpaired) electrons. The number of amides is 2. The van der Waals surface area contributed by atoms with Crippen molar-refractivity contribution in [2.24, 2.45) is 7.05 Å². The smallest absolute Gasteiger partial charge is 0.270 e. The summed E-state index contributed by atoms with van der Waals surface area (Å²) in [6.45, 7) is 3.23. The maximum absolute atomic E-state index is 13.3. The van der Waals surface area contributed by atoms with Crippen LogP contribution in [0, 0.1) is 6.92 Å². The van der Waals surface area contributed by atoms with Crippen LogP contribution in [0.5, 0.6) is 5.75 Å². The molecule has 0 bridgehead atoms. The molecule has 0 atom stereocenters. The molecule has 8 heteroatoms. The second-order valence-corrected chi connectivity index (χ2v) is 8.19. The number of aromatic amines is 1. The molecule has 0 fully saturated rings. The first-order valence-corrected chi connectivity index (χ1v) is 10.8. The van der Waals surface area contributed by atoms with Gasteiger partial charge in [-0.3, -0.25) is 9.59 Å². The fourth-order valence-electron chi connectivity index (χ4n) is 4.31. The molecule has 8 nitrogen and oxygen atoms in total. The van der Waals surface area contributed by atoms with Gasteiger partial charge < -0.3 is 24.5 Å².